The first kappa shape index (κ1) is 19.4. The molecule has 1 aliphatic heterocycles. The summed E-state index contributed by atoms with van der Waals surface area (Å²) in [6, 6.07) is 16.4. The van der Waals surface area contributed by atoms with Gasteiger partial charge in [0.2, 0.25) is 0 Å². The van der Waals surface area contributed by atoms with Crippen LogP contribution in [-0.2, 0) is 4.74 Å². The number of benzene rings is 2. The number of hydrogen-bond acceptors (Lipinski definition) is 3. The predicted molar refractivity (Wildman–Crippen MR) is 111 cm³/mol. The van der Waals surface area contributed by atoms with Crippen molar-refractivity contribution >= 4 is 11.6 Å². The highest BCUT2D eigenvalue weighted by atomic mass is 16.5. The Morgan fingerprint density at radius 2 is 1.63 bits per heavy atom. The lowest BCUT2D eigenvalue weighted by Gasteiger charge is -2.29. The molecule has 2 aromatic rings. The first-order chi connectivity index (χ1) is 13.1. The lowest BCUT2D eigenvalue weighted by atomic mass is 10.0. The number of carbonyl (C=O) groups excluding carboxylic acids is 1. The van der Waals surface area contributed by atoms with Gasteiger partial charge in [-0.25, -0.2) is 0 Å². The van der Waals surface area contributed by atoms with Crippen molar-refractivity contribution in [3.8, 4) is 11.1 Å². The minimum Gasteiger partial charge on any atom is -0.378 e. The first-order valence-corrected chi connectivity index (χ1v) is 9.87. The molecule has 144 valence electrons. The molecule has 1 heterocycles. The number of ether oxygens (including phenoxy) is 1. The Balaban J connectivity index is 1.68. The van der Waals surface area contributed by atoms with E-state index in [2.05, 4.69) is 29.2 Å². The van der Waals surface area contributed by atoms with Crippen LogP contribution in [0.3, 0.4) is 0 Å². The first-order valence-electron chi connectivity index (χ1n) is 9.87. The van der Waals surface area contributed by atoms with Gasteiger partial charge in [-0.2, -0.15) is 0 Å². The van der Waals surface area contributed by atoms with Crippen molar-refractivity contribution < 1.29 is 9.53 Å². The van der Waals surface area contributed by atoms with Crippen molar-refractivity contribution in [1.82, 2.24) is 4.90 Å². The van der Waals surface area contributed by atoms with Crippen molar-refractivity contribution in [3.63, 3.8) is 0 Å². The van der Waals surface area contributed by atoms with E-state index < -0.39 is 0 Å². The van der Waals surface area contributed by atoms with Gasteiger partial charge in [0.05, 0.1) is 6.10 Å². The Bertz CT molecular complexity index is 732. The van der Waals surface area contributed by atoms with Crippen molar-refractivity contribution in [2.75, 3.05) is 38.7 Å². The fourth-order valence-corrected chi connectivity index (χ4v) is 3.49. The van der Waals surface area contributed by atoms with Crippen molar-refractivity contribution in [2.24, 2.45) is 0 Å². The molecule has 4 heteroatoms. The molecule has 1 aliphatic rings. The zero-order valence-electron chi connectivity index (χ0n) is 16.6. The summed E-state index contributed by atoms with van der Waals surface area (Å²) in [6.07, 6.45) is 3.55. The molecule has 3 rings (SSSR count). The quantitative estimate of drug-likeness (QED) is 0.757. The van der Waals surface area contributed by atoms with Crippen molar-refractivity contribution in [1.29, 1.82) is 0 Å². The molecule has 0 unspecified atom stereocenters. The van der Waals surface area contributed by atoms with Crippen LogP contribution in [0.15, 0.2) is 48.5 Å². The summed E-state index contributed by atoms with van der Waals surface area (Å²) in [6.45, 7) is 4.23. The molecule has 1 fully saturated rings. The molecule has 4 nitrogen and oxygen atoms in total. The molecule has 0 radical (unpaired) electrons. The third-order valence-corrected chi connectivity index (χ3v) is 5.22. The Morgan fingerprint density at radius 3 is 2.15 bits per heavy atom. The highest BCUT2D eigenvalue weighted by molar-refractivity contribution is 5.94. The standard InChI is InChI=1S/C23H30N2O2/c1-4-25(17-22-7-5-6-16-27-22)23(26)20-10-8-18(9-11-20)19-12-14-21(15-13-19)24(2)3/h8-15,22H,4-7,16-17H2,1-3H3/t22-/m1/s1. The van der Waals surface area contributed by atoms with Crippen LogP contribution in [0.1, 0.15) is 36.5 Å². The van der Waals surface area contributed by atoms with E-state index >= 15 is 0 Å². The maximum atomic E-state index is 12.9. The molecule has 0 aromatic heterocycles. The van der Waals surface area contributed by atoms with Gasteiger partial charge in [-0.05, 0) is 61.6 Å². The average molecular weight is 367 g/mol. The molecule has 1 amide bonds. The third kappa shape index (κ3) is 4.89. The molecule has 27 heavy (non-hydrogen) atoms. The zero-order chi connectivity index (χ0) is 19.2. The van der Waals surface area contributed by atoms with E-state index in [0.717, 1.165) is 36.1 Å². The highest BCUT2D eigenvalue weighted by Crippen LogP contribution is 2.23. The molecular weight excluding hydrogens is 336 g/mol. The molecule has 0 N–H and O–H groups in total. The molecule has 0 saturated carbocycles. The number of anilines is 1. The normalized spacial score (nSPS) is 16.8. The Morgan fingerprint density at radius 1 is 1.00 bits per heavy atom. The van der Waals surface area contributed by atoms with Gasteiger partial charge in [0, 0.05) is 45.0 Å². The van der Waals surface area contributed by atoms with Gasteiger partial charge in [0.25, 0.3) is 5.91 Å². The van der Waals surface area contributed by atoms with E-state index in [4.69, 9.17) is 4.74 Å². The minimum absolute atomic E-state index is 0.0844. The molecular formula is C23H30N2O2. The van der Waals surface area contributed by atoms with Gasteiger partial charge in [-0.1, -0.05) is 24.3 Å². The Hall–Kier alpha value is -2.33. The topological polar surface area (TPSA) is 32.8 Å². The summed E-state index contributed by atoms with van der Waals surface area (Å²) in [5.74, 6) is 0.0844. The van der Waals surface area contributed by atoms with Crippen LogP contribution in [0.2, 0.25) is 0 Å². The monoisotopic (exact) mass is 366 g/mol. The minimum atomic E-state index is 0.0844. The van der Waals surface area contributed by atoms with Gasteiger partial charge in [0.15, 0.2) is 0 Å². The number of nitrogens with zero attached hydrogens (tertiary/aromatic N) is 2. The molecule has 0 aliphatic carbocycles. The number of hydrogen-bond donors (Lipinski definition) is 0. The second-order valence-electron chi connectivity index (χ2n) is 7.35. The van der Waals surface area contributed by atoms with Gasteiger partial charge < -0.3 is 14.5 Å². The smallest absolute Gasteiger partial charge is 0.253 e. The lowest BCUT2D eigenvalue weighted by molar-refractivity contribution is -0.00311. The molecule has 1 atom stereocenters. The van der Waals surface area contributed by atoms with Crippen LogP contribution in [-0.4, -0.2) is 50.7 Å². The SMILES string of the molecule is CCN(C[C@H]1CCCCO1)C(=O)c1ccc(-c2ccc(N(C)C)cc2)cc1. The fourth-order valence-electron chi connectivity index (χ4n) is 3.49. The molecule has 0 spiro atoms. The second-order valence-corrected chi connectivity index (χ2v) is 7.35. The van der Waals surface area contributed by atoms with Gasteiger partial charge >= 0.3 is 0 Å². The van der Waals surface area contributed by atoms with E-state index in [9.17, 15) is 4.79 Å². The third-order valence-electron chi connectivity index (χ3n) is 5.22. The van der Waals surface area contributed by atoms with Gasteiger partial charge in [-0.15, -0.1) is 0 Å². The zero-order valence-corrected chi connectivity index (χ0v) is 16.6. The highest BCUT2D eigenvalue weighted by Gasteiger charge is 2.21. The van der Waals surface area contributed by atoms with Crippen LogP contribution < -0.4 is 4.90 Å². The van der Waals surface area contributed by atoms with Crippen molar-refractivity contribution in [2.45, 2.75) is 32.3 Å². The van der Waals surface area contributed by atoms with E-state index in [1.807, 2.05) is 50.2 Å². The number of likely N-dealkylation sites (N-methyl/N-ethyl adjacent to an activating group) is 1. The Kier molecular flexibility index (Phi) is 6.51. The summed E-state index contributed by atoms with van der Waals surface area (Å²) in [7, 11) is 4.07. The number of carbonyl (C=O) groups is 1. The van der Waals surface area contributed by atoms with Crippen LogP contribution in [0.5, 0.6) is 0 Å². The van der Waals surface area contributed by atoms with Crippen LogP contribution in [0.4, 0.5) is 5.69 Å². The average Bonchev–Trinajstić information content (AvgIpc) is 2.72. The summed E-state index contributed by atoms with van der Waals surface area (Å²) in [4.78, 5) is 16.9. The molecule has 1 saturated heterocycles. The van der Waals surface area contributed by atoms with Crippen LogP contribution >= 0.6 is 0 Å². The largest absolute Gasteiger partial charge is 0.378 e. The summed E-state index contributed by atoms with van der Waals surface area (Å²) in [5, 5.41) is 0. The maximum absolute atomic E-state index is 12.9. The molecule has 0 bridgehead atoms. The summed E-state index contributed by atoms with van der Waals surface area (Å²) in [5.41, 5.74) is 4.19. The van der Waals surface area contributed by atoms with Gasteiger partial charge in [-0.3, -0.25) is 4.79 Å². The van der Waals surface area contributed by atoms with Gasteiger partial charge in [0.1, 0.15) is 0 Å². The maximum Gasteiger partial charge on any atom is 0.253 e. The van der Waals surface area contributed by atoms with Crippen LogP contribution in [0, 0.1) is 0 Å². The fraction of sp³-hybridized carbons (Fsp3) is 0.435. The molecule has 2 aromatic carbocycles. The Labute approximate surface area is 162 Å². The predicted octanol–water partition coefficient (Wildman–Crippen LogP) is 4.45. The summed E-state index contributed by atoms with van der Waals surface area (Å²) >= 11 is 0. The second kappa shape index (κ2) is 9.05. The number of rotatable bonds is 6. The van der Waals surface area contributed by atoms with E-state index in [0.29, 0.717) is 13.1 Å². The van der Waals surface area contributed by atoms with E-state index in [-0.39, 0.29) is 12.0 Å². The lowest BCUT2D eigenvalue weighted by Crippen LogP contribution is -2.39. The summed E-state index contributed by atoms with van der Waals surface area (Å²) < 4.78 is 5.80. The van der Waals surface area contributed by atoms with Crippen LogP contribution in [0.25, 0.3) is 11.1 Å². The van der Waals surface area contributed by atoms with Crippen molar-refractivity contribution in [3.05, 3.63) is 54.1 Å². The number of amides is 1. The van der Waals surface area contributed by atoms with E-state index in [1.54, 1.807) is 0 Å². The van der Waals surface area contributed by atoms with E-state index in [1.165, 1.54) is 12.1 Å².